The number of amides is 1. The Labute approximate surface area is 125 Å². The average molecular weight is 289 g/mol. The molecule has 1 aromatic rings. The van der Waals surface area contributed by atoms with Crippen molar-refractivity contribution in [1.82, 2.24) is 10.2 Å². The molecule has 5 nitrogen and oxygen atoms in total. The van der Waals surface area contributed by atoms with Gasteiger partial charge in [0.15, 0.2) is 0 Å². The molecule has 114 valence electrons. The van der Waals surface area contributed by atoms with E-state index in [2.05, 4.69) is 34.7 Å². The zero-order valence-electron chi connectivity index (χ0n) is 12.9. The van der Waals surface area contributed by atoms with Crippen molar-refractivity contribution < 1.29 is 9.53 Å². The van der Waals surface area contributed by atoms with E-state index in [-0.39, 0.29) is 12.0 Å². The van der Waals surface area contributed by atoms with E-state index in [0.29, 0.717) is 0 Å². The van der Waals surface area contributed by atoms with Crippen molar-refractivity contribution in [3.05, 3.63) is 29.3 Å². The van der Waals surface area contributed by atoms with Crippen molar-refractivity contribution in [3.63, 3.8) is 0 Å². The highest BCUT2D eigenvalue weighted by molar-refractivity contribution is 5.99. The van der Waals surface area contributed by atoms with Gasteiger partial charge in [-0.2, -0.15) is 0 Å². The summed E-state index contributed by atoms with van der Waals surface area (Å²) in [7, 11) is 3.78. The largest absolute Gasteiger partial charge is 0.378 e. The monoisotopic (exact) mass is 289 g/mol. The van der Waals surface area contributed by atoms with Gasteiger partial charge in [-0.05, 0) is 43.7 Å². The van der Waals surface area contributed by atoms with Gasteiger partial charge < -0.3 is 15.0 Å². The average Bonchev–Trinajstić information content (AvgIpc) is 2.46. The topological polar surface area (TPSA) is 53.6 Å². The number of anilines is 1. The summed E-state index contributed by atoms with van der Waals surface area (Å²) in [6.07, 6.45) is 0.968. The number of methoxy groups -OCH3 is 1. The van der Waals surface area contributed by atoms with Crippen molar-refractivity contribution in [2.24, 2.45) is 0 Å². The molecule has 0 spiro atoms. The summed E-state index contributed by atoms with van der Waals surface area (Å²) in [6.45, 7) is 4.65. The summed E-state index contributed by atoms with van der Waals surface area (Å²) in [5, 5.41) is 6.18. The van der Waals surface area contributed by atoms with E-state index in [4.69, 9.17) is 4.74 Å². The number of ether oxygens (including phenoxy) is 1. The summed E-state index contributed by atoms with van der Waals surface area (Å²) in [5.74, 6) is -0.0338. The lowest BCUT2D eigenvalue weighted by Gasteiger charge is -2.45. The minimum absolute atomic E-state index is 0.0338. The molecule has 0 radical (unpaired) electrons. The molecular formula is C16H23N3O2. The minimum Gasteiger partial charge on any atom is -0.378 e. The number of likely N-dealkylation sites (N-methyl/N-ethyl adjacent to an activating group) is 1. The number of hydrogen-bond donors (Lipinski definition) is 2. The van der Waals surface area contributed by atoms with Crippen LogP contribution in [0.4, 0.5) is 5.69 Å². The maximum Gasteiger partial charge on any atom is 0.247 e. The third kappa shape index (κ3) is 2.57. The molecule has 2 aliphatic heterocycles. The Morgan fingerprint density at radius 1 is 1.48 bits per heavy atom. The Kier molecular flexibility index (Phi) is 3.73. The molecule has 0 aromatic heterocycles. The van der Waals surface area contributed by atoms with Crippen molar-refractivity contribution in [1.29, 1.82) is 0 Å². The summed E-state index contributed by atoms with van der Waals surface area (Å²) in [5.41, 5.74) is 2.92. The predicted octanol–water partition coefficient (Wildman–Crippen LogP) is 0.990. The van der Waals surface area contributed by atoms with Crippen LogP contribution in [0.2, 0.25) is 0 Å². The molecule has 1 fully saturated rings. The molecular weight excluding hydrogens is 266 g/mol. The molecule has 1 aromatic carbocycles. The van der Waals surface area contributed by atoms with Gasteiger partial charge in [0.05, 0.1) is 6.10 Å². The van der Waals surface area contributed by atoms with E-state index in [0.717, 1.165) is 31.7 Å². The van der Waals surface area contributed by atoms with Crippen LogP contribution in [0.3, 0.4) is 0 Å². The Balaban J connectivity index is 1.72. The molecule has 0 aliphatic carbocycles. The van der Waals surface area contributed by atoms with E-state index in [1.807, 2.05) is 13.0 Å². The summed E-state index contributed by atoms with van der Waals surface area (Å²) in [4.78, 5) is 14.8. The van der Waals surface area contributed by atoms with Gasteiger partial charge in [-0.3, -0.25) is 10.1 Å². The Hall–Kier alpha value is -1.43. The number of fused-ring (bicyclic) bond motifs is 1. The molecule has 2 atom stereocenters. The number of hydrogen-bond acceptors (Lipinski definition) is 4. The highest BCUT2D eigenvalue weighted by Gasteiger charge is 2.49. The first-order valence-corrected chi connectivity index (χ1v) is 7.42. The van der Waals surface area contributed by atoms with Crippen LogP contribution in [-0.2, 0) is 22.5 Å². The lowest BCUT2D eigenvalue weighted by Crippen LogP contribution is -2.73. The number of nitrogens with zero attached hydrogens (tertiary/aromatic N) is 1. The molecule has 2 aliphatic rings. The fraction of sp³-hybridized carbons (Fsp3) is 0.562. The van der Waals surface area contributed by atoms with Crippen molar-refractivity contribution in [3.8, 4) is 0 Å². The lowest BCUT2D eigenvalue weighted by molar-refractivity contribution is -0.134. The number of benzene rings is 1. The lowest BCUT2D eigenvalue weighted by atomic mass is 9.85. The number of nitrogens with one attached hydrogen (secondary N) is 2. The molecule has 2 N–H and O–H groups in total. The van der Waals surface area contributed by atoms with E-state index in [1.165, 1.54) is 11.1 Å². The minimum atomic E-state index is -0.634. The number of carbonyl (C=O) groups is 1. The highest BCUT2D eigenvalue weighted by atomic mass is 16.5. The maximum absolute atomic E-state index is 12.4. The van der Waals surface area contributed by atoms with Crippen LogP contribution in [0.25, 0.3) is 0 Å². The molecule has 2 heterocycles. The molecule has 21 heavy (non-hydrogen) atoms. The molecule has 0 bridgehead atoms. The number of carbonyl (C=O) groups excluding carboxylic acids is 1. The second-order valence-electron chi connectivity index (χ2n) is 6.23. The molecule has 0 saturated carbocycles. The Morgan fingerprint density at radius 3 is 2.95 bits per heavy atom. The molecule has 3 rings (SSSR count). The smallest absolute Gasteiger partial charge is 0.247 e. The SMILES string of the molecule is CO[C@@H]1CN[C@]1(C)C(=O)Nc1ccc2c(c1)CCN(C)C2. The predicted molar refractivity (Wildman–Crippen MR) is 82.3 cm³/mol. The van der Waals surface area contributed by atoms with Crippen LogP contribution < -0.4 is 10.6 Å². The summed E-state index contributed by atoms with van der Waals surface area (Å²) in [6, 6.07) is 6.20. The van der Waals surface area contributed by atoms with E-state index in [1.54, 1.807) is 7.11 Å². The van der Waals surface area contributed by atoms with Crippen LogP contribution in [0.1, 0.15) is 18.1 Å². The van der Waals surface area contributed by atoms with Gasteiger partial charge >= 0.3 is 0 Å². The standard InChI is InChI=1S/C16H23N3O2/c1-16(14(21-3)9-17-16)15(20)18-13-5-4-12-10-19(2)7-6-11(12)8-13/h4-5,8,14,17H,6-7,9-10H2,1-3H3,(H,18,20)/t14-,16+/m1/s1. The fourth-order valence-corrected chi connectivity index (χ4v) is 3.07. The van der Waals surface area contributed by atoms with Crippen molar-refractivity contribution in [2.45, 2.75) is 31.5 Å². The third-order valence-corrected chi connectivity index (χ3v) is 4.72. The van der Waals surface area contributed by atoms with Gasteiger partial charge in [-0.25, -0.2) is 0 Å². The van der Waals surface area contributed by atoms with Gasteiger partial charge in [0.1, 0.15) is 5.54 Å². The highest BCUT2D eigenvalue weighted by Crippen LogP contribution is 2.26. The van der Waals surface area contributed by atoms with E-state index in [9.17, 15) is 4.79 Å². The zero-order valence-corrected chi connectivity index (χ0v) is 12.9. The first-order chi connectivity index (χ1) is 10.0. The van der Waals surface area contributed by atoms with Gasteiger partial charge in [0.25, 0.3) is 0 Å². The van der Waals surface area contributed by atoms with Gasteiger partial charge in [0, 0.05) is 32.4 Å². The zero-order chi connectivity index (χ0) is 15.0. The second kappa shape index (κ2) is 5.40. The molecule has 5 heteroatoms. The molecule has 0 unspecified atom stereocenters. The Bertz CT molecular complexity index is 558. The third-order valence-electron chi connectivity index (χ3n) is 4.72. The normalized spacial score (nSPS) is 28.6. The second-order valence-corrected chi connectivity index (χ2v) is 6.23. The van der Waals surface area contributed by atoms with Gasteiger partial charge in [-0.1, -0.05) is 6.07 Å². The van der Waals surface area contributed by atoms with E-state index < -0.39 is 5.54 Å². The van der Waals surface area contributed by atoms with E-state index >= 15 is 0 Å². The quantitative estimate of drug-likeness (QED) is 0.871. The van der Waals surface area contributed by atoms with Crippen LogP contribution in [0, 0.1) is 0 Å². The summed E-state index contributed by atoms with van der Waals surface area (Å²) >= 11 is 0. The summed E-state index contributed by atoms with van der Waals surface area (Å²) < 4.78 is 5.33. The van der Waals surface area contributed by atoms with Crippen molar-refractivity contribution >= 4 is 11.6 Å². The van der Waals surface area contributed by atoms with Crippen molar-refractivity contribution in [2.75, 3.05) is 32.6 Å². The van der Waals surface area contributed by atoms with Crippen LogP contribution in [0.5, 0.6) is 0 Å². The maximum atomic E-state index is 12.4. The van der Waals surface area contributed by atoms with Crippen LogP contribution in [-0.4, -0.2) is 49.7 Å². The van der Waals surface area contributed by atoms with Crippen LogP contribution >= 0.6 is 0 Å². The fourth-order valence-electron chi connectivity index (χ4n) is 3.07. The molecule has 1 amide bonds. The first-order valence-electron chi connectivity index (χ1n) is 7.42. The molecule has 1 saturated heterocycles. The number of rotatable bonds is 3. The van der Waals surface area contributed by atoms with Gasteiger partial charge in [-0.15, -0.1) is 0 Å². The van der Waals surface area contributed by atoms with Crippen LogP contribution in [0.15, 0.2) is 18.2 Å². The Morgan fingerprint density at radius 2 is 2.29 bits per heavy atom. The first kappa shape index (κ1) is 14.5. The van der Waals surface area contributed by atoms with Gasteiger partial charge in [0.2, 0.25) is 5.91 Å².